The largest absolute Gasteiger partial charge is 0.394 e. The number of hydrogen-bond donors (Lipinski definition) is 5. The highest BCUT2D eigenvalue weighted by Gasteiger charge is 2.47. The molecule has 0 aromatic rings. The van der Waals surface area contributed by atoms with Crippen LogP contribution in [0.2, 0.25) is 0 Å². The van der Waals surface area contributed by atoms with E-state index in [0.717, 1.165) is 49.4 Å². The van der Waals surface area contributed by atoms with Crippen molar-refractivity contribution in [1.29, 1.82) is 0 Å². The third-order valence-electron chi connectivity index (χ3n) is 9.58. The van der Waals surface area contributed by atoms with Gasteiger partial charge in [-0.2, -0.15) is 0 Å². The van der Waals surface area contributed by atoms with Crippen molar-refractivity contribution in [1.82, 2.24) is 4.90 Å². The van der Waals surface area contributed by atoms with E-state index in [2.05, 4.69) is 22.6 Å². The van der Waals surface area contributed by atoms with E-state index in [1.807, 2.05) is 13.8 Å². The van der Waals surface area contributed by atoms with Crippen molar-refractivity contribution in [3.05, 3.63) is 0 Å². The molecule has 0 spiro atoms. The molecule has 13 atom stereocenters. The van der Waals surface area contributed by atoms with Gasteiger partial charge in [0.2, 0.25) is 0 Å². The quantitative estimate of drug-likeness (QED) is 0.115. The Balaban J connectivity index is 1.53. The number of aliphatic hydroxyl groups excluding tert-OH is 5. The zero-order chi connectivity index (χ0) is 33.3. The molecule has 1 saturated carbocycles. The topological polar surface area (TPSA) is 168 Å². The number of amides is 1. The first-order valence-corrected chi connectivity index (χ1v) is 18.2. The Morgan fingerprint density at radius 3 is 2.24 bits per heavy atom. The Labute approximate surface area is 282 Å². The van der Waals surface area contributed by atoms with Crippen LogP contribution in [0.15, 0.2) is 0 Å². The molecule has 13 heteroatoms. The summed E-state index contributed by atoms with van der Waals surface area (Å²) in [5.41, 5.74) is 0. The fraction of sp³-hybridized carbons (Fsp3) is 0.969. The first-order valence-electron chi connectivity index (χ1n) is 16.7. The van der Waals surface area contributed by atoms with Gasteiger partial charge in [-0.05, 0) is 44.9 Å². The number of nitrogens with zero attached hydrogens (tertiary/aromatic N) is 1. The first-order chi connectivity index (χ1) is 21.4. The number of aliphatic hydroxyl groups is 5. The summed E-state index contributed by atoms with van der Waals surface area (Å²) in [6.07, 6.45) is -1.15. The first kappa shape index (κ1) is 39.2. The lowest BCUT2D eigenvalue weighted by Gasteiger charge is -2.45. The van der Waals surface area contributed by atoms with Gasteiger partial charge in [0.1, 0.15) is 36.6 Å². The number of rotatable bonds is 16. The molecule has 12 nitrogen and oxygen atoms in total. The van der Waals surface area contributed by atoms with Crippen molar-refractivity contribution in [2.24, 2.45) is 17.8 Å². The van der Waals surface area contributed by atoms with Crippen molar-refractivity contribution in [3.63, 3.8) is 0 Å². The Hall–Kier alpha value is -0.200. The van der Waals surface area contributed by atoms with E-state index < -0.39 is 68.0 Å². The molecule has 1 aliphatic carbocycles. The molecule has 264 valence electrons. The standard InChI is InChI=1S/C32H58INO11/c1-18(10-9-13-22(15-33)17-41-32-28(39)27(38)25(36)20(3)43-32)42-31-19(2)29(26(37)24(16-35)45-31)44-23(30(40)34(4)5)14-21-11-7-6-8-12-21/h18-29,31-32,35-39H,6-17H2,1-5H3/t18-,19?,20-,22-,23-,24-,25?,26-,27-,28-,29?,31+,32?/m0/s1. The van der Waals surface area contributed by atoms with Crippen LogP contribution in [0, 0.1) is 17.8 Å². The summed E-state index contributed by atoms with van der Waals surface area (Å²) >= 11 is 2.30. The average molecular weight is 760 g/mol. The van der Waals surface area contributed by atoms with E-state index in [1.54, 1.807) is 21.0 Å². The highest BCUT2D eigenvalue weighted by Crippen LogP contribution is 2.34. The van der Waals surface area contributed by atoms with Crippen LogP contribution < -0.4 is 0 Å². The van der Waals surface area contributed by atoms with Gasteiger partial charge in [-0.3, -0.25) is 4.79 Å². The van der Waals surface area contributed by atoms with E-state index in [1.165, 1.54) is 11.3 Å². The van der Waals surface area contributed by atoms with Gasteiger partial charge in [-0.1, -0.05) is 68.0 Å². The van der Waals surface area contributed by atoms with Gasteiger partial charge < -0.3 is 54.1 Å². The lowest BCUT2D eigenvalue weighted by atomic mass is 9.85. The molecule has 3 aliphatic rings. The van der Waals surface area contributed by atoms with Gasteiger partial charge in [0.15, 0.2) is 12.6 Å². The predicted octanol–water partition coefficient (Wildman–Crippen LogP) is 1.98. The number of carbonyl (C=O) groups excluding carboxylic acids is 1. The second kappa shape index (κ2) is 19.1. The number of likely N-dealkylation sites (N-methyl/N-ethyl adjacent to an activating group) is 1. The number of hydrogen-bond acceptors (Lipinski definition) is 11. The molecule has 0 radical (unpaired) electrons. The van der Waals surface area contributed by atoms with Crippen LogP contribution in [0.3, 0.4) is 0 Å². The van der Waals surface area contributed by atoms with Gasteiger partial charge in [-0.15, -0.1) is 0 Å². The van der Waals surface area contributed by atoms with E-state index >= 15 is 0 Å². The van der Waals surface area contributed by atoms with Crippen molar-refractivity contribution < 1.29 is 54.0 Å². The normalized spacial score (nSPS) is 36.8. The minimum Gasteiger partial charge on any atom is -0.394 e. The number of alkyl halides is 1. The maximum atomic E-state index is 13.2. The molecule has 2 heterocycles. The van der Waals surface area contributed by atoms with Crippen LogP contribution in [0.25, 0.3) is 0 Å². The summed E-state index contributed by atoms with van der Waals surface area (Å²) in [5, 5.41) is 51.3. The van der Waals surface area contributed by atoms with Gasteiger partial charge >= 0.3 is 0 Å². The Kier molecular flexibility index (Phi) is 16.7. The summed E-state index contributed by atoms with van der Waals surface area (Å²) in [6, 6.07) is 0. The molecular weight excluding hydrogens is 701 g/mol. The molecule has 2 aliphatic heterocycles. The molecule has 3 rings (SSSR count). The van der Waals surface area contributed by atoms with Gasteiger partial charge in [0.05, 0.1) is 31.5 Å². The average Bonchev–Trinajstić information content (AvgIpc) is 3.02. The summed E-state index contributed by atoms with van der Waals surface area (Å²) in [4.78, 5) is 14.7. The number of ether oxygens (including phenoxy) is 5. The van der Waals surface area contributed by atoms with Crippen LogP contribution >= 0.6 is 22.6 Å². The Bertz CT molecular complexity index is 865. The van der Waals surface area contributed by atoms with Crippen molar-refractivity contribution in [3.8, 4) is 0 Å². The fourth-order valence-corrected chi connectivity index (χ4v) is 7.26. The van der Waals surface area contributed by atoms with Crippen molar-refractivity contribution in [2.45, 2.75) is 146 Å². The van der Waals surface area contributed by atoms with Crippen LogP contribution in [0.1, 0.15) is 78.6 Å². The van der Waals surface area contributed by atoms with Gasteiger partial charge in [0, 0.05) is 24.4 Å². The van der Waals surface area contributed by atoms with E-state index in [-0.39, 0.29) is 23.8 Å². The second-order valence-electron chi connectivity index (χ2n) is 13.5. The molecule has 5 N–H and O–H groups in total. The van der Waals surface area contributed by atoms with Gasteiger partial charge in [-0.25, -0.2) is 0 Å². The van der Waals surface area contributed by atoms with Crippen LogP contribution in [0.5, 0.6) is 0 Å². The monoisotopic (exact) mass is 759 g/mol. The molecule has 0 aromatic heterocycles. The van der Waals surface area contributed by atoms with Crippen LogP contribution in [0.4, 0.5) is 0 Å². The van der Waals surface area contributed by atoms with Crippen molar-refractivity contribution >= 4 is 28.5 Å². The fourth-order valence-electron chi connectivity index (χ4n) is 6.56. The lowest BCUT2D eigenvalue weighted by Crippen LogP contribution is -2.58. The second-order valence-corrected chi connectivity index (χ2v) is 14.4. The Morgan fingerprint density at radius 2 is 1.62 bits per heavy atom. The molecule has 0 bridgehead atoms. The third-order valence-corrected chi connectivity index (χ3v) is 10.8. The zero-order valence-corrected chi connectivity index (χ0v) is 29.7. The predicted molar refractivity (Wildman–Crippen MR) is 175 cm³/mol. The molecule has 1 amide bonds. The molecule has 2 saturated heterocycles. The molecule has 4 unspecified atom stereocenters. The molecular formula is C32H58INO11. The van der Waals surface area contributed by atoms with E-state index in [9.17, 15) is 30.3 Å². The van der Waals surface area contributed by atoms with Crippen LogP contribution in [-0.2, 0) is 28.5 Å². The van der Waals surface area contributed by atoms with E-state index in [4.69, 9.17) is 23.7 Å². The minimum absolute atomic E-state index is 0.125. The number of halogens is 1. The SMILES string of the molecule is CC1C(O[C@@H](CC2CCCCC2)C(=O)N(C)C)[C@@H](O)[C@H](CO)O[C@H]1O[C@@H](C)CCC[C@@H](CI)COC1O[C@@H](C)C(O)[C@H](O)[C@@H]1O. The maximum absolute atomic E-state index is 13.2. The summed E-state index contributed by atoms with van der Waals surface area (Å²) in [5.74, 6) is 0.0720. The zero-order valence-electron chi connectivity index (χ0n) is 27.6. The molecule has 3 fully saturated rings. The minimum atomic E-state index is -1.33. The maximum Gasteiger partial charge on any atom is 0.251 e. The third kappa shape index (κ3) is 11.2. The highest BCUT2D eigenvalue weighted by molar-refractivity contribution is 14.1. The van der Waals surface area contributed by atoms with Crippen molar-refractivity contribution in [2.75, 3.05) is 31.7 Å². The summed E-state index contributed by atoms with van der Waals surface area (Å²) in [7, 11) is 3.43. The highest BCUT2D eigenvalue weighted by atomic mass is 127. The molecule has 0 aromatic carbocycles. The summed E-state index contributed by atoms with van der Waals surface area (Å²) < 4.78 is 30.9. The van der Waals surface area contributed by atoms with Gasteiger partial charge in [0.25, 0.3) is 5.91 Å². The Morgan fingerprint density at radius 1 is 0.933 bits per heavy atom. The smallest absolute Gasteiger partial charge is 0.251 e. The molecule has 45 heavy (non-hydrogen) atoms. The summed E-state index contributed by atoms with van der Waals surface area (Å²) in [6.45, 7) is 5.41. The lowest BCUT2D eigenvalue weighted by molar-refractivity contribution is -0.303. The number of carbonyl (C=O) groups is 1. The van der Waals surface area contributed by atoms with E-state index in [0.29, 0.717) is 18.9 Å². The van der Waals surface area contributed by atoms with Crippen LogP contribution in [-0.4, -0.2) is 136 Å².